The summed E-state index contributed by atoms with van der Waals surface area (Å²) in [5.74, 6) is 0.615. The van der Waals surface area contributed by atoms with Gasteiger partial charge in [0.05, 0.1) is 35.6 Å². The zero-order chi connectivity index (χ0) is 22.7. The molecular formula is C21H22BrClN8S. The summed E-state index contributed by atoms with van der Waals surface area (Å²) < 4.78 is 6.42. The molecule has 2 N–H and O–H groups in total. The molecule has 0 saturated heterocycles. The van der Waals surface area contributed by atoms with E-state index in [1.807, 2.05) is 52.2 Å². The zero-order valence-corrected chi connectivity index (χ0v) is 20.7. The Balaban J connectivity index is 1.36. The molecule has 0 spiro atoms. The Kier molecular flexibility index (Phi) is 6.92. The van der Waals surface area contributed by atoms with E-state index in [-0.39, 0.29) is 0 Å². The molecule has 0 bridgehead atoms. The van der Waals surface area contributed by atoms with Gasteiger partial charge >= 0.3 is 0 Å². The monoisotopic (exact) mass is 532 g/mol. The number of hydrogen-bond donors (Lipinski definition) is 2. The molecule has 166 valence electrons. The second-order valence-electron chi connectivity index (χ2n) is 7.19. The Morgan fingerprint density at radius 2 is 1.84 bits per heavy atom. The summed E-state index contributed by atoms with van der Waals surface area (Å²) >= 11 is 15.2. The van der Waals surface area contributed by atoms with Gasteiger partial charge in [-0.1, -0.05) is 29.8 Å². The van der Waals surface area contributed by atoms with Gasteiger partial charge in [0.1, 0.15) is 0 Å². The average Bonchev–Trinajstić information content (AvgIpc) is 3.44. The highest BCUT2D eigenvalue weighted by Crippen LogP contribution is 2.23. The number of aromatic nitrogens is 6. The first-order valence-corrected chi connectivity index (χ1v) is 11.6. The molecule has 8 nitrogen and oxygen atoms in total. The van der Waals surface area contributed by atoms with Crippen molar-refractivity contribution in [3.05, 3.63) is 75.4 Å². The third-order valence-corrected chi connectivity index (χ3v) is 6.12. The van der Waals surface area contributed by atoms with Crippen molar-refractivity contribution in [2.75, 3.05) is 10.6 Å². The van der Waals surface area contributed by atoms with Crippen LogP contribution in [0.4, 0.5) is 11.5 Å². The Bertz CT molecular complexity index is 1240. The minimum atomic E-state index is 0.420. The standard InChI is InChI=1S/C21H22BrClN8S/c1-3-31-14(2)16(8-25-31)11-29-12-17(9-24-29)26-21(32)27-20-18(22)13-30(28-20)10-15-6-4-5-7-19(15)23/h4-9,12-13H,3,10-11H2,1-2H3,(H2,26,27,28,32). The maximum absolute atomic E-state index is 6.25. The molecule has 1 aromatic carbocycles. The lowest BCUT2D eigenvalue weighted by Gasteiger charge is -2.07. The van der Waals surface area contributed by atoms with Crippen LogP contribution in [0.5, 0.6) is 0 Å². The maximum Gasteiger partial charge on any atom is 0.176 e. The van der Waals surface area contributed by atoms with E-state index in [0.717, 1.165) is 33.5 Å². The molecule has 3 aromatic heterocycles. The van der Waals surface area contributed by atoms with Gasteiger partial charge in [0.2, 0.25) is 0 Å². The van der Waals surface area contributed by atoms with E-state index in [1.165, 1.54) is 0 Å². The summed E-state index contributed by atoms with van der Waals surface area (Å²) in [4.78, 5) is 0. The summed E-state index contributed by atoms with van der Waals surface area (Å²) in [6.07, 6.45) is 7.40. The van der Waals surface area contributed by atoms with Crippen LogP contribution >= 0.6 is 39.7 Å². The molecule has 0 radical (unpaired) electrons. The largest absolute Gasteiger partial charge is 0.330 e. The Morgan fingerprint density at radius 1 is 1.06 bits per heavy atom. The molecule has 0 aliphatic heterocycles. The summed E-state index contributed by atoms with van der Waals surface area (Å²) in [5, 5.41) is 20.7. The molecule has 32 heavy (non-hydrogen) atoms. The number of anilines is 2. The summed E-state index contributed by atoms with van der Waals surface area (Å²) in [5.41, 5.74) is 4.06. The molecule has 4 aromatic rings. The van der Waals surface area contributed by atoms with Gasteiger partial charge in [-0.3, -0.25) is 14.0 Å². The molecule has 0 amide bonds. The Morgan fingerprint density at radius 3 is 2.59 bits per heavy atom. The molecule has 0 aliphatic carbocycles. The first kappa shape index (κ1) is 22.5. The predicted molar refractivity (Wildman–Crippen MR) is 134 cm³/mol. The van der Waals surface area contributed by atoms with Crippen LogP contribution in [0.15, 0.2) is 53.5 Å². The zero-order valence-electron chi connectivity index (χ0n) is 17.6. The first-order chi connectivity index (χ1) is 15.4. The number of aryl methyl sites for hydroxylation is 1. The van der Waals surface area contributed by atoms with Crippen LogP contribution in [0.3, 0.4) is 0 Å². The summed E-state index contributed by atoms with van der Waals surface area (Å²) in [6.45, 7) is 6.19. The lowest BCUT2D eigenvalue weighted by Crippen LogP contribution is -2.19. The van der Waals surface area contributed by atoms with Crippen LogP contribution in [0.25, 0.3) is 0 Å². The number of halogens is 2. The van der Waals surface area contributed by atoms with Crippen LogP contribution in [-0.2, 0) is 19.6 Å². The maximum atomic E-state index is 6.25. The summed E-state index contributed by atoms with van der Waals surface area (Å²) in [7, 11) is 0. The van der Waals surface area contributed by atoms with Crippen molar-refractivity contribution >= 4 is 56.4 Å². The number of hydrogen-bond acceptors (Lipinski definition) is 4. The molecule has 0 fully saturated rings. The quantitative estimate of drug-likeness (QED) is 0.328. The lowest BCUT2D eigenvalue weighted by molar-refractivity contribution is 0.633. The molecule has 0 unspecified atom stereocenters. The molecule has 0 saturated carbocycles. The minimum Gasteiger partial charge on any atom is -0.330 e. The van der Waals surface area contributed by atoms with Crippen LogP contribution in [0.2, 0.25) is 5.02 Å². The van der Waals surface area contributed by atoms with Crippen molar-refractivity contribution in [2.45, 2.75) is 33.5 Å². The SMILES string of the molecule is CCn1ncc(Cn2cc(NC(=S)Nc3nn(Cc4ccccc4Cl)cc3Br)cn2)c1C. The van der Waals surface area contributed by atoms with Gasteiger partial charge in [-0.15, -0.1) is 0 Å². The normalized spacial score (nSPS) is 11.0. The average molecular weight is 534 g/mol. The van der Waals surface area contributed by atoms with E-state index in [1.54, 1.807) is 10.9 Å². The fraction of sp³-hybridized carbons (Fsp3) is 0.238. The number of rotatable bonds is 7. The van der Waals surface area contributed by atoms with Gasteiger partial charge < -0.3 is 10.6 Å². The molecular weight excluding hydrogens is 512 g/mol. The molecule has 0 atom stereocenters. The fourth-order valence-corrected chi connectivity index (χ4v) is 4.11. The third-order valence-electron chi connectivity index (χ3n) is 4.97. The highest BCUT2D eigenvalue weighted by atomic mass is 79.9. The first-order valence-electron chi connectivity index (χ1n) is 10.0. The van der Waals surface area contributed by atoms with E-state index in [0.29, 0.717) is 29.0 Å². The van der Waals surface area contributed by atoms with E-state index >= 15 is 0 Å². The number of nitrogens with zero attached hydrogens (tertiary/aromatic N) is 6. The Hall–Kier alpha value is -2.69. The lowest BCUT2D eigenvalue weighted by atomic mass is 10.2. The van der Waals surface area contributed by atoms with Gasteiger partial charge in [0.25, 0.3) is 0 Å². The van der Waals surface area contributed by atoms with Crippen molar-refractivity contribution < 1.29 is 0 Å². The van der Waals surface area contributed by atoms with Gasteiger partial charge in [-0.2, -0.15) is 15.3 Å². The molecule has 4 rings (SSSR count). The van der Waals surface area contributed by atoms with Gasteiger partial charge in [-0.25, -0.2) is 0 Å². The van der Waals surface area contributed by atoms with Crippen LogP contribution < -0.4 is 10.6 Å². The van der Waals surface area contributed by atoms with Crippen molar-refractivity contribution in [1.29, 1.82) is 0 Å². The number of nitrogens with one attached hydrogen (secondary N) is 2. The van der Waals surface area contributed by atoms with Crippen molar-refractivity contribution in [2.24, 2.45) is 0 Å². The summed E-state index contributed by atoms with van der Waals surface area (Å²) in [6, 6.07) is 7.70. The second kappa shape index (κ2) is 9.85. The molecule has 11 heteroatoms. The van der Waals surface area contributed by atoms with E-state index < -0.39 is 0 Å². The van der Waals surface area contributed by atoms with Gasteiger partial charge in [0.15, 0.2) is 10.9 Å². The topological polar surface area (TPSA) is 77.5 Å². The van der Waals surface area contributed by atoms with E-state index in [9.17, 15) is 0 Å². The number of benzene rings is 1. The van der Waals surface area contributed by atoms with Crippen LogP contribution in [0, 0.1) is 6.92 Å². The van der Waals surface area contributed by atoms with Crippen LogP contribution in [0.1, 0.15) is 23.7 Å². The van der Waals surface area contributed by atoms with Crippen molar-refractivity contribution in [3.63, 3.8) is 0 Å². The number of thiocarbonyl (C=S) groups is 1. The fourth-order valence-electron chi connectivity index (χ4n) is 3.28. The minimum absolute atomic E-state index is 0.420. The van der Waals surface area contributed by atoms with Gasteiger partial charge in [-0.05, 0) is 53.6 Å². The van der Waals surface area contributed by atoms with Crippen molar-refractivity contribution in [3.8, 4) is 0 Å². The van der Waals surface area contributed by atoms with Crippen LogP contribution in [-0.4, -0.2) is 34.5 Å². The highest BCUT2D eigenvalue weighted by Gasteiger charge is 2.11. The van der Waals surface area contributed by atoms with Crippen molar-refractivity contribution in [1.82, 2.24) is 29.3 Å². The van der Waals surface area contributed by atoms with E-state index in [2.05, 4.69) is 55.7 Å². The predicted octanol–water partition coefficient (Wildman–Crippen LogP) is 4.93. The molecule has 3 heterocycles. The smallest absolute Gasteiger partial charge is 0.176 e. The second-order valence-corrected chi connectivity index (χ2v) is 8.86. The highest BCUT2D eigenvalue weighted by molar-refractivity contribution is 9.10. The van der Waals surface area contributed by atoms with E-state index in [4.69, 9.17) is 23.8 Å². The Labute approximate surface area is 204 Å². The third kappa shape index (κ3) is 5.20. The molecule has 0 aliphatic rings. The van der Waals surface area contributed by atoms with Gasteiger partial charge in [0, 0.05) is 35.2 Å².